The third kappa shape index (κ3) is 2.50. The van der Waals surface area contributed by atoms with E-state index in [0.29, 0.717) is 33.0 Å². The lowest BCUT2D eigenvalue weighted by molar-refractivity contribution is 0.429. The van der Waals surface area contributed by atoms with E-state index in [1.54, 1.807) is 12.1 Å². The van der Waals surface area contributed by atoms with E-state index in [2.05, 4.69) is 15.2 Å². The summed E-state index contributed by atoms with van der Waals surface area (Å²) in [5.41, 5.74) is 7.03. The predicted molar refractivity (Wildman–Crippen MR) is 82.1 cm³/mol. The van der Waals surface area contributed by atoms with E-state index in [1.807, 2.05) is 0 Å². The van der Waals surface area contributed by atoms with Crippen molar-refractivity contribution >= 4 is 28.9 Å². The van der Waals surface area contributed by atoms with Gasteiger partial charge in [0.15, 0.2) is 5.82 Å². The molecule has 0 radical (unpaired) electrons. The maximum absolute atomic E-state index is 6.20. The number of nitrogens with two attached hydrogens (primary N) is 1. The summed E-state index contributed by atoms with van der Waals surface area (Å²) >= 11 is 12.2. The number of hydrogen-bond acceptors (Lipinski definition) is 3. The highest BCUT2D eigenvalue weighted by molar-refractivity contribution is 6.37. The molecule has 1 heterocycles. The number of anilines is 1. The summed E-state index contributed by atoms with van der Waals surface area (Å²) < 4.78 is 0. The van der Waals surface area contributed by atoms with Crippen LogP contribution in [-0.4, -0.2) is 15.2 Å². The normalized spacial score (nSPS) is 16.5. The van der Waals surface area contributed by atoms with E-state index < -0.39 is 0 Å². The van der Waals surface area contributed by atoms with Crippen LogP contribution in [0.4, 0.5) is 5.69 Å². The summed E-state index contributed by atoms with van der Waals surface area (Å²) in [5, 5.41) is 8.28. The molecule has 0 saturated heterocycles. The van der Waals surface area contributed by atoms with Crippen molar-refractivity contribution in [3.63, 3.8) is 0 Å². The number of benzene rings is 1. The fraction of sp³-hybridized carbons (Fsp3) is 0.429. The molecule has 2 aromatic rings. The average Bonchev–Trinajstić information content (AvgIpc) is 2.94. The van der Waals surface area contributed by atoms with Gasteiger partial charge < -0.3 is 5.73 Å². The minimum atomic E-state index is 0.424. The van der Waals surface area contributed by atoms with Crippen LogP contribution in [-0.2, 0) is 0 Å². The van der Waals surface area contributed by atoms with Crippen LogP contribution in [0.1, 0.15) is 43.8 Å². The molecule has 1 aromatic heterocycles. The summed E-state index contributed by atoms with van der Waals surface area (Å²) in [4.78, 5) is 4.58. The van der Waals surface area contributed by atoms with E-state index in [-0.39, 0.29) is 0 Å². The van der Waals surface area contributed by atoms with Crippen LogP contribution in [0.5, 0.6) is 0 Å². The summed E-state index contributed by atoms with van der Waals surface area (Å²) in [5.74, 6) is 1.91. The second-order valence-electron chi connectivity index (χ2n) is 5.20. The molecular formula is C14H16Cl2N4. The lowest BCUT2D eigenvalue weighted by atomic mass is 9.89. The van der Waals surface area contributed by atoms with Crippen LogP contribution < -0.4 is 5.73 Å². The molecule has 1 fully saturated rings. The zero-order chi connectivity index (χ0) is 14.1. The SMILES string of the molecule is Nc1c(Cl)ccc(Cl)c1-c1n[nH]c(C2CCCCC2)n1. The van der Waals surface area contributed by atoms with Crippen molar-refractivity contribution in [2.24, 2.45) is 0 Å². The Hall–Kier alpha value is -1.26. The smallest absolute Gasteiger partial charge is 0.184 e. The van der Waals surface area contributed by atoms with Gasteiger partial charge in [-0.1, -0.05) is 42.5 Å². The van der Waals surface area contributed by atoms with E-state index in [1.165, 1.54) is 19.3 Å². The zero-order valence-electron chi connectivity index (χ0n) is 11.0. The fourth-order valence-corrected chi connectivity index (χ4v) is 3.15. The third-order valence-electron chi connectivity index (χ3n) is 3.86. The lowest BCUT2D eigenvalue weighted by Gasteiger charge is -2.18. The van der Waals surface area contributed by atoms with Gasteiger partial charge in [0.2, 0.25) is 0 Å². The number of halogens is 2. The minimum absolute atomic E-state index is 0.424. The van der Waals surface area contributed by atoms with Gasteiger partial charge in [-0.15, -0.1) is 0 Å². The molecule has 0 bridgehead atoms. The summed E-state index contributed by atoms with van der Waals surface area (Å²) in [6.07, 6.45) is 6.13. The van der Waals surface area contributed by atoms with Gasteiger partial charge in [0.1, 0.15) is 5.82 Å². The number of H-pyrrole nitrogens is 1. The van der Waals surface area contributed by atoms with Gasteiger partial charge >= 0.3 is 0 Å². The van der Waals surface area contributed by atoms with E-state index in [9.17, 15) is 0 Å². The van der Waals surface area contributed by atoms with Crippen LogP contribution >= 0.6 is 23.2 Å². The Morgan fingerprint density at radius 2 is 1.80 bits per heavy atom. The molecule has 1 aliphatic rings. The zero-order valence-corrected chi connectivity index (χ0v) is 12.5. The Morgan fingerprint density at radius 1 is 1.10 bits per heavy atom. The Kier molecular flexibility index (Phi) is 3.85. The summed E-state index contributed by atoms with van der Waals surface area (Å²) in [6.45, 7) is 0. The molecule has 0 atom stereocenters. The first-order valence-corrected chi connectivity index (χ1v) is 7.58. The molecule has 1 saturated carbocycles. The third-order valence-corrected chi connectivity index (χ3v) is 4.50. The van der Waals surface area contributed by atoms with Gasteiger partial charge in [0, 0.05) is 5.92 Å². The highest BCUT2D eigenvalue weighted by atomic mass is 35.5. The topological polar surface area (TPSA) is 67.6 Å². The van der Waals surface area contributed by atoms with Crippen LogP contribution in [0.3, 0.4) is 0 Å². The molecule has 3 N–H and O–H groups in total. The number of nitrogens with one attached hydrogen (secondary N) is 1. The second kappa shape index (κ2) is 5.62. The molecule has 20 heavy (non-hydrogen) atoms. The van der Waals surface area contributed by atoms with E-state index in [0.717, 1.165) is 18.7 Å². The monoisotopic (exact) mass is 310 g/mol. The first kappa shape index (κ1) is 13.7. The molecule has 106 valence electrons. The number of aromatic nitrogens is 3. The van der Waals surface area contributed by atoms with Crippen molar-refractivity contribution in [3.8, 4) is 11.4 Å². The maximum Gasteiger partial charge on any atom is 0.184 e. The van der Waals surface area contributed by atoms with Crippen LogP contribution in [0.2, 0.25) is 10.0 Å². The van der Waals surface area contributed by atoms with Gasteiger partial charge in [-0.25, -0.2) is 4.98 Å². The minimum Gasteiger partial charge on any atom is -0.397 e. The summed E-state index contributed by atoms with van der Waals surface area (Å²) in [7, 11) is 0. The standard InChI is InChI=1S/C14H16Cl2N4/c15-9-6-7-10(16)12(17)11(9)14-18-13(19-20-14)8-4-2-1-3-5-8/h6-8H,1-5,17H2,(H,18,19,20). The quantitative estimate of drug-likeness (QED) is 0.807. The Balaban J connectivity index is 1.96. The second-order valence-corrected chi connectivity index (χ2v) is 6.01. The van der Waals surface area contributed by atoms with Crippen molar-refractivity contribution < 1.29 is 0 Å². The Labute approximate surface area is 127 Å². The number of nitrogen functional groups attached to an aromatic ring is 1. The van der Waals surface area contributed by atoms with Crippen molar-refractivity contribution in [2.45, 2.75) is 38.0 Å². The molecular weight excluding hydrogens is 295 g/mol. The van der Waals surface area contributed by atoms with Crippen molar-refractivity contribution in [2.75, 3.05) is 5.73 Å². The van der Waals surface area contributed by atoms with Crippen LogP contribution in [0.25, 0.3) is 11.4 Å². The number of hydrogen-bond donors (Lipinski definition) is 2. The maximum atomic E-state index is 6.20. The molecule has 0 unspecified atom stereocenters. The highest BCUT2D eigenvalue weighted by Gasteiger charge is 2.21. The van der Waals surface area contributed by atoms with Gasteiger partial charge in [0.25, 0.3) is 0 Å². The van der Waals surface area contributed by atoms with E-state index in [4.69, 9.17) is 28.9 Å². The predicted octanol–water partition coefficient (Wildman–Crippen LogP) is 4.41. The van der Waals surface area contributed by atoms with Crippen LogP contribution in [0.15, 0.2) is 12.1 Å². The van der Waals surface area contributed by atoms with Gasteiger partial charge in [-0.05, 0) is 25.0 Å². The van der Waals surface area contributed by atoms with Gasteiger partial charge in [-0.2, -0.15) is 5.10 Å². The first-order chi connectivity index (χ1) is 9.66. The molecule has 0 spiro atoms. The molecule has 6 heteroatoms. The number of aromatic amines is 1. The molecule has 0 aliphatic heterocycles. The Bertz CT molecular complexity index is 618. The molecule has 4 nitrogen and oxygen atoms in total. The van der Waals surface area contributed by atoms with Gasteiger partial charge in [0.05, 0.1) is 21.3 Å². The van der Waals surface area contributed by atoms with Crippen molar-refractivity contribution in [1.82, 2.24) is 15.2 Å². The molecule has 1 aromatic carbocycles. The van der Waals surface area contributed by atoms with Gasteiger partial charge in [-0.3, -0.25) is 5.10 Å². The fourth-order valence-electron chi connectivity index (χ4n) is 2.74. The number of nitrogens with zero attached hydrogens (tertiary/aromatic N) is 2. The van der Waals surface area contributed by atoms with Crippen LogP contribution in [0, 0.1) is 0 Å². The Morgan fingerprint density at radius 3 is 2.55 bits per heavy atom. The summed E-state index contributed by atoms with van der Waals surface area (Å²) in [6, 6.07) is 3.39. The first-order valence-electron chi connectivity index (χ1n) is 6.83. The van der Waals surface area contributed by atoms with E-state index >= 15 is 0 Å². The molecule has 1 aliphatic carbocycles. The van der Waals surface area contributed by atoms with Crippen molar-refractivity contribution in [3.05, 3.63) is 28.0 Å². The highest BCUT2D eigenvalue weighted by Crippen LogP contribution is 2.37. The largest absolute Gasteiger partial charge is 0.397 e. The molecule has 0 amide bonds. The van der Waals surface area contributed by atoms with Crippen molar-refractivity contribution in [1.29, 1.82) is 0 Å². The lowest BCUT2D eigenvalue weighted by Crippen LogP contribution is -2.06. The number of rotatable bonds is 2. The average molecular weight is 311 g/mol. The molecule has 3 rings (SSSR count).